The molecule has 0 spiro atoms. The molecule has 1 amide bonds. The Kier molecular flexibility index (Phi) is 4.88. The third-order valence-corrected chi connectivity index (χ3v) is 4.27. The normalized spacial score (nSPS) is 21.9. The van der Waals surface area contributed by atoms with Crippen LogP contribution in [0.25, 0.3) is 10.4 Å². The number of hydrogen-bond acceptors (Lipinski definition) is 2. The summed E-state index contributed by atoms with van der Waals surface area (Å²) in [7, 11) is 0. The van der Waals surface area contributed by atoms with E-state index in [0.717, 1.165) is 38.3 Å². The van der Waals surface area contributed by atoms with E-state index in [0.29, 0.717) is 12.3 Å². The lowest BCUT2D eigenvalue weighted by atomic mass is 10.0. The van der Waals surface area contributed by atoms with Crippen LogP contribution in [0.4, 0.5) is 0 Å². The van der Waals surface area contributed by atoms with Crippen molar-refractivity contribution in [2.45, 2.75) is 57.4 Å². The molecule has 5 heteroatoms. The Morgan fingerprint density at radius 2 is 1.89 bits per heavy atom. The molecule has 1 saturated carbocycles. The van der Waals surface area contributed by atoms with Crippen LogP contribution in [-0.2, 0) is 4.79 Å². The van der Waals surface area contributed by atoms with Crippen LogP contribution in [0, 0.1) is 5.92 Å². The molecule has 5 nitrogen and oxygen atoms in total. The van der Waals surface area contributed by atoms with Crippen LogP contribution < -0.4 is 0 Å². The van der Waals surface area contributed by atoms with Gasteiger partial charge in [-0.1, -0.05) is 30.8 Å². The predicted molar refractivity (Wildman–Crippen MR) is 69.9 cm³/mol. The van der Waals surface area contributed by atoms with Gasteiger partial charge in [0.15, 0.2) is 0 Å². The molecule has 18 heavy (non-hydrogen) atoms. The molecule has 0 N–H and O–H groups in total. The second kappa shape index (κ2) is 6.64. The number of rotatable bonds is 4. The van der Waals surface area contributed by atoms with Gasteiger partial charge in [-0.05, 0) is 30.7 Å². The van der Waals surface area contributed by atoms with Crippen LogP contribution in [0.3, 0.4) is 0 Å². The summed E-state index contributed by atoms with van der Waals surface area (Å²) in [5, 5.41) is 3.73. The molecule has 2 aliphatic rings. The molecule has 0 bridgehead atoms. The van der Waals surface area contributed by atoms with Crippen molar-refractivity contribution in [3.8, 4) is 0 Å². The van der Waals surface area contributed by atoms with Crippen molar-refractivity contribution in [3.05, 3.63) is 10.4 Å². The Morgan fingerprint density at radius 3 is 2.50 bits per heavy atom. The summed E-state index contributed by atoms with van der Waals surface area (Å²) in [4.78, 5) is 16.8. The molecular weight excluding hydrogens is 228 g/mol. The average Bonchev–Trinajstić information content (AvgIpc) is 2.90. The maximum atomic E-state index is 12.0. The molecule has 0 aromatic carbocycles. The molecule has 1 aliphatic carbocycles. The number of likely N-dealkylation sites (tertiary alicyclic amines) is 1. The van der Waals surface area contributed by atoms with Gasteiger partial charge in [-0.2, -0.15) is 0 Å². The SMILES string of the molecule is [N-]=[N+]=NC1CCN(C(=O)CCC2CCCC2)CC1. The minimum absolute atomic E-state index is 0.0916. The second-order valence-corrected chi connectivity index (χ2v) is 5.51. The zero-order chi connectivity index (χ0) is 12.8. The maximum Gasteiger partial charge on any atom is 0.222 e. The number of carbonyl (C=O) groups excluding carboxylic acids is 1. The highest BCUT2D eigenvalue weighted by molar-refractivity contribution is 5.76. The van der Waals surface area contributed by atoms with Crippen LogP contribution in [0.1, 0.15) is 51.4 Å². The number of nitrogens with zero attached hydrogens (tertiary/aromatic N) is 4. The first-order valence-corrected chi connectivity index (χ1v) is 7.11. The average molecular weight is 250 g/mol. The van der Waals surface area contributed by atoms with E-state index in [4.69, 9.17) is 5.53 Å². The van der Waals surface area contributed by atoms with E-state index in [1.54, 1.807) is 0 Å². The highest BCUT2D eigenvalue weighted by atomic mass is 16.2. The minimum Gasteiger partial charge on any atom is -0.343 e. The molecule has 0 atom stereocenters. The summed E-state index contributed by atoms with van der Waals surface area (Å²) in [6, 6.07) is 0.0916. The van der Waals surface area contributed by atoms with E-state index >= 15 is 0 Å². The molecule has 1 aliphatic heterocycles. The fourth-order valence-electron chi connectivity index (χ4n) is 3.09. The number of amides is 1. The minimum atomic E-state index is 0.0916. The first kappa shape index (κ1) is 13.2. The van der Waals surface area contributed by atoms with Crippen molar-refractivity contribution in [1.82, 2.24) is 4.90 Å². The molecule has 0 radical (unpaired) electrons. The number of piperidine rings is 1. The van der Waals surface area contributed by atoms with Gasteiger partial charge in [0.25, 0.3) is 0 Å². The van der Waals surface area contributed by atoms with Crippen molar-refractivity contribution < 1.29 is 4.79 Å². The van der Waals surface area contributed by atoms with E-state index in [9.17, 15) is 4.79 Å². The van der Waals surface area contributed by atoms with E-state index in [1.807, 2.05) is 4.90 Å². The van der Waals surface area contributed by atoms with Gasteiger partial charge in [0.1, 0.15) is 0 Å². The van der Waals surface area contributed by atoms with Crippen LogP contribution >= 0.6 is 0 Å². The Hall–Kier alpha value is -1.22. The first-order chi connectivity index (χ1) is 8.79. The third-order valence-electron chi connectivity index (χ3n) is 4.27. The summed E-state index contributed by atoms with van der Waals surface area (Å²) in [5.74, 6) is 1.08. The summed E-state index contributed by atoms with van der Waals surface area (Å²) >= 11 is 0. The topological polar surface area (TPSA) is 69.1 Å². The molecule has 1 saturated heterocycles. The maximum absolute atomic E-state index is 12.0. The van der Waals surface area contributed by atoms with Gasteiger partial charge < -0.3 is 4.90 Å². The summed E-state index contributed by atoms with van der Waals surface area (Å²) in [6.07, 6.45) is 8.72. The van der Waals surface area contributed by atoms with Crippen LogP contribution in [-0.4, -0.2) is 29.9 Å². The van der Waals surface area contributed by atoms with Crippen LogP contribution in [0.15, 0.2) is 5.11 Å². The van der Waals surface area contributed by atoms with Crippen molar-refractivity contribution in [2.75, 3.05) is 13.1 Å². The monoisotopic (exact) mass is 250 g/mol. The fraction of sp³-hybridized carbons (Fsp3) is 0.923. The van der Waals surface area contributed by atoms with E-state index in [1.165, 1.54) is 25.7 Å². The second-order valence-electron chi connectivity index (χ2n) is 5.51. The van der Waals surface area contributed by atoms with Crippen molar-refractivity contribution in [2.24, 2.45) is 11.0 Å². The lowest BCUT2D eigenvalue weighted by Gasteiger charge is -2.30. The standard InChI is InChI=1S/C13H22N4O/c14-16-15-12-7-9-17(10-8-12)13(18)6-5-11-3-1-2-4-11/h11-12H,1-10H2. The van der Waals surface area contributed by atoms with Gasteiger partial charge in [0.05, 0.1) is 0 Å². The fourth-order valence-corrected chi connectivity index (χ4v) is 3.09. The zero-order valence-electron chi connectivity index (χ0n) is 10.9. The van der Waals surface area contributed by atoms with E-state index < -0.39 is 0 Å². The Bertz CT molecular complexity index is 324. The molecule has 2 fully saturated rings. The van der Waals surface area contributed by atoms with Gasteiger partial charge in [0.2, 0.25) is 5.91 Å². The van der Waals surface area contributed by atoms with Gasteiger partial charge >= 0.3 is 0 Å². The Labute approximate surface area is 108 Å². The lowest BCUT2D eigenvalue weighted by molar-refractivity contribution is -0.132. The van der Waals surface area contributed by atoms with E-state index in [2.05, 4.69) is 10.0 Å². The smallest absolute Gasteiger partial charge is 0.222 e. The van der Waals surface area contributed by atoms with Crippen molar-refractivity contribution >= 4 is 5.91 Å². The van der Waals surface area contributed by atoms with Gasteiger partial charge in [0, 0.05) is 30.5 Å². The molecule has 0 unspecified atom stereocenters. The molecule has 2 rings (SSSR count). The number of carbonyl (C=O) groups is 1. The largest absolute Gasteiger partial charge is 0.343 e. The van der Waals surface area contributed by atoms with Crippen molar-refractivity contribution in [3.63, 3.8) is 0 Å². The molecule has 1 heterocycles. The number of hydrogen-bond donors (Lipinski definition) is 0. The highest BCUT2D eigenvalue weighted by Gasteiger charge is 2.23. The Balaban J connectivity index is 1.68. The predicted octanol–water partition coefficient (Wildman–Crippen LogP) is 3.26. The van der Waals surface area contributed by atoms with Crippen molar-refractivity contribution in [1.29, 1.82) is 0 Å². The molecule has 0 aromatic rings. The number of azide groups is 1. The Morgan fingerprint density at radius 1 is 1.22 bits per heavy atom. The summed E-state index contributed by atoms with van der Waals surface area (Å²) in [6.45, 7) is 1.51. The quantitative estimate of drug-likeness (QED) is 0.429. The third kappa shape index (κ3) is 3.64. The lowest BCUT2D eigenvalue weighted by Crippen LogP contribution is -2.39. The molecular formula is C13H22N4O. The van der Waals surface area contributed by atoms with Gasteiger partial charge in [-0.15, -0.1) is 0 Å². The molecule has 0 aromatic heterocycles. The summed E-state index contributed by atoms with van der Waals surface area (Å²) < 4.78 is 0. The van der Waals surface area contributed by atoms with Gasteiger partial charge in [-0.25, -0.2) is 0 Å². The molecule has 100 valence electrons. The first-order valence-electron chi connectivity index (χ1n) is 7.11. The zero-order valence-corrected chi connectivity index (χ0v) is 10.9. The van der Waals surface area contributed by atoms with E-state index in [-0.39, 0.29) is 6.04 Å². The van der Waals surface area contributed by atoms with Crippen LogP contribution in [0.5, 0.6) is 0 Å². The summed E-state index contributed by atoms with van der Waals surface area (Å²) in [5.41, 5.74) is 8.38. The van der Waals surface area contributed by atoms with Crippen LogP contribution in [0.2, 0.25) is 0 Å². The van der Waals surface area contributed by atoms with Gasteiger partial charge in [-0.3, -0.25) is 4.79 Å². The highest BCUT2D eigenvalue weighted by Crippen LogP contribution is 2.29.